The Bertz CT molecular complexity index is 61.4. The summed E-state index contributed by atoms with van der Waals surface area (Å²) >= 11 is 10.4. The van der Waals surface area contributed by atoms with Crippen LogP contribution in [0.1, 0.15) is 20.3 Å². The van der Waals surface area contributed by atoms with Crippen molar-refractivity contribution in [2.24, 2.45) is 0 Å². The lowest BCUT2D eigenvalue weighted by Gasteiger charge is -1.96. The van der Waals surface area contributed by atoms with Gasteiger partial charge in [-0.3, -0.25) is 0 Å². The Hall–Kier alpha value is 0.717. The Morgan fingerprint density at radius 2 is 1.42 bits per heavy atom. The van der Waals surface area contributed by atoms with Crippen molar-refractivity contribution in [2.75, 3.05) is 25.0 Å². The minimum atomic E-state index is -0.589. The molecule has 0 aliphatic heterocycles. The highest BCUT2D eigenvalue weighted by Gasteiger charge is 1.79. The van der Waals surface area contributed by atoms with Gasteiger partial charge in [0.05, 0.1) is 0 Å². The van der Waals surface area contributed by atoms with Gasteiger partial charge in [-0.2, -0.15) is 0 Å². The van der Waals surface area contributed by atoms with Crippen LogP contribution in [0.4, 0.5) is 0 Å². The van der Waals surface area contributed by atoms with Gasteiger partial charge in [0.1, 0.15) is 0 Å². The van der Waals surface area contributed by atoms with Crippen LogP contribution in [0.2, 0.25) is 0 Å². The van der Waals surface area contributed by atoms with Crippen LogP contribution in [0.25, 0.3) is 0 Å². The lowest BCUT2D eigenvalue weighted by atomic mass is 10.6. The lowest BCUT2D eigenvalue weighted by molar-refractivity contribution is 0.240. The van der Waals surface area contributed by atoms with Crippen molar-refractivity contribution in [1.82, 2.24) is 0 Å². The normalized spacial score (nSPS) is 9.00. The highest BCUT2D eigenvalue weighted by molar-refractivity contribution is 6.20. The Labute approximate surface area is 87.6 Å². The maximum Gasteiger partial charge on any atom is 0.304 e. The predicted octanol–water partition coefficient (Wildman–Crippen LogP) is 1.91. The third-order valence-corrected chi connectivity index (χ3v) is 2.53. The van der Waals surface area contributed by atoms with Gasteiger partial charge in [0.2, 0.25) is 0 Å². The molecule has 0 rings (SSSR count). The summed E-state index contributed by atoms with van der Waals surface area (Å²) < 4.78 is 9.98. The molecule has 76 valence electrons. The molecule has 0 aromatic rings. The van der Waals surface area contributed by atoms with Gasteiger partial charge in [0, 0.05) is 25.0 Å². The molecule has 0 aliphatic carbocycles. The van der Waals surface area contributed by atoms with Crippen LogP contribution in [-0.2, 0) is 8.85 Å². The van der Waals surface area contributed by atoms with E-state index in [9.17, 15) is 0 Å². The van der Waals surface area contributed by atoms with Crippen LogP contribution in [0.5, 0.6) is 0 Å². The van der Waals surface area contributed by atoms with E-state index in [4.69, 9.17) is 32.1 Å². The summed E-state index contributed by atoms with van der Waals surface area (Å²) in [6.07, 6.45) is 0.920. The van der Waals surface area contributed by atoms with Crippen molar-refractivity contribution in [3.05, 3.63) is 0 Å². The van der Waals surface area contributed by atoms with Crippen LogP contribution in [-0.4, -0.2) is 35.0 Å². The molecule has 5 heteroatoms. The number of alkyl halides is 2. The molecule has 0 bridgehead atoms. The molecule has 0 fully saturated rings. The van der Waals surface area contributed by atoms with Crippen LogP contribution in [0.15, 0.2) is 0 Å². The molecular formula is C7H18Cl2O2Si. The van der Waals surface area contributed by atoms with Crippen molar-refractivity contribution < 1.29 is 8.85 Å². The molecule has 0 radical (unpaired) electrons. The molecule has 12 heavy (non-hydrogen) atoms. The minimum absolute atomic E-state index is 0.589. The van der Waals surface area contributed by atoms with Crippen molar-refractivity contribution in [2.45, 2.75) is 20.3 Å². The summed E-state index contributed by atoms with van der Waals surface area (Å²) in [4.78, 5) is 0. The van der Waals surface area contributed by atoms with Gasteiger partial charge in [0.15, 0.2) is 0 Å². The van der Waals surface area contributed by atoms with Crippen LogP contribution in [0, 0.1) is 0 Å². The summed E-state index contributed by atoms with van der Waals surface area (Å²) in [5, 5.41) is 0. The van der Waals surface area contributed by atoms with E-state index >= 15 is 0 Å². The average molecular weight is 233 g/mol. The first-order valence-corrected chi connectivity index (χ1v) is 6.33. The fourth-order valence-electron chi connectivity index (χ4n) is 0.276. The average Bonchev–Trinajstić information content (AvgIpc) is 2.08. The van der Waals surface area contributed by atoms with E-state index in [0.29, 0.717) is 11.8 Å². The summed E-state index contributed by atoms with van der Waals surface area (Å²) in [6.45, 7) is 5.55. The van der Waals surface area contributed by atoms with Crippen molar-refractivity contribution in [3.63, 3.8) is 0 Å². The van der Waals surface area contributed by atoms with Crippen LogP contribution >= 0.6 is 23.2 Å². The van der Waals surface area contributed by atoms with E-state index in [-0.39, 0.29) is 0 Å². The van der Waals surface area contributed by atoms with Gasteiger partial charge in [-0.25, -0.2) is 0 Å². The summed E-state index contributed by atoms with van der Waals surface area (Å²) in [5.74, 6) is 1.37. The molecule has 0 unspecified atom stereocenters. The van der Waals surface area contributed by atoms with E-state index in [1.54, 1.807) is 0 Å². The molecule has 0 N–H and O–H groups in total. The first-order chi connectivity index (χ1) is 5.83. The first kappa shape index (κ1) is 15.2. The van der Waals surface area contributed by atoms with E-state index in [2.05, 4.69) is 0 Å². The highest BCUT2D eigenvalue weighted by atomic mass is 35.5. The second-order valence-electron chi connectivity index (χ2n) is 1.83. The maximum absolute atomic E-state index is 5.22. The van der Waals surface area contributed by atoms with E-state index in [1.807, 2.05) is 13.8 Å². The third kappa shape index (κ3) is 22.4. The van der Waals surface area contributed by atoms with Gasteiger partial charge in [-0.05, 0) is 20.3 Å². The van der Waals surface area contributed by atoms with Crippen LogP contribution in [0.3, 0.4) is 0 Å². The van der Waals surface area contributed by atoms with Gasteiger partial charge >= 0.3 is 10.0 Å². The molecular weight excluding hydrogens is 215 g/mol. The van der Waals surface area contributed by atoms with Gasteiger partial charge in [0.25, 0.3) is 0 Å². The summed E-state index contributed by atoms with van der Waals surface area (Å²) in [5.41, 5.74) is 0. The molecule has 0 aliphatic rings. The molecule has 0 saturated heterocycles. The van der Waals surface area contributed by atoms with Crippen molar-refractivity contribution in [1.29, 1.82) is 0 Å². The number of halogens is 2. The largest absolute Gasteiger partial charge is 0.399 e. The molecule has 0 heterocycles. The lowest BCUT2D eigenvalue weighted by Crippen LogP contribution is -2.02. The zero-order valence-corrected chi connectivity index (χ0v) is 10.7. The minimum Gasteiger partial charge on any atom is -0.399 e. The van der Waals surface area contributed by atoms with Crippen molar-refractivity contribution >= 4 is 33.2 Å². The van der Waals surface area contributed by atoms with Gasteiger partial charge in [-0.15, -0.1) is 23.2 Å². The smallest absolute Gasteiger partial charge is 0.304 e. The van der Waals surface area contributed by atoms with E-state index < -0.39 is 10.0 Å². The molecule has 0 saturated carbocycles. The third-order valence-electron chi connectivity index (χ3n) is 0.842. The highest BCUT2D eigenvalue weighted by Crippen LogP contribution is 1.84. The Morgan fingerprint density at radius 1 is 1.00 bits per heavy atom. The van der Waals surface area contributed by atoms with Crippen LogP contribution < -0.4 is 0 Å². The maximum atomic E-state index is 5.22. The molecule has 0 spiro atoms. The second-order valence-corrected chi connectivity index (χ2v) is 3.64. The van der Waals surface area contributed by atoms with E-state index in [0.717, 1.165) is 19.6 Å². The number of rotatable bonds is 6. The number of hydrogen-bond acceptors (Lipinski definition) is 2. The zero-order valence-electron chi connectivity index (χ0n) is 7.82. The summed E-state index contributed by atoms with van der Waals surface area (Å²) in [7, 11) is -0.589. The standard InChI is InChI=1S/C4H12O2Si.C3H6Cl2/c1-3-5-7-6-4-2;4-2-1-3-5/h3-4,7H2,1-2H3;1-3H2. The Kier molecular flexibility index (Phi) is 22.4. The topological polar surface area (TPSA) is 18.5 Å². The molecule has 0 aromatic carbocycles. The zero-order chi connectivity index (χ0) is 9.66. The van der Waals surface area contributed by atoms with Gasteiger partial charge < -0.3 is 8.85 Å². The van der Waals surface area contributed by atoms with E-state index in [1.165, 1.54) is 0 Å². The monoisotopic (exact) mass is 232 g/mol. The number of hydrogen-bond donors (Lipinski definition) is 0. The Balaban J connectivity index is 0. The molecule has 0 atom stereocenters. The molecule has 0 amide bonds. The Morgan fingerprint density at radius 3 is 1.58 bits per heavy atom. The van der Waals surface area contributed by atoms with Crippen molar-refractivity contribution in [3.8, 4) is 0 Å². The molecule has 0 aromatic heterocycles. The predicted molar refractivity (Wildman–Crippen MR) is 57.9 cm³/mol. The first-order valence-electron chi connectivity index (χ1n) is 4.10. The summed E-state index contributed by atoms with van der Waals surface area (Å²) in [6, 6.07) is 0. The molecule has 2 nitrogen and oxygen atoms in total. The second kappa shape index (κ2) is 17.7. The van der Waals surface area contributed by atoms with Gasteiger partial charge in [-0.1, -0.05) is 0 Å². The quantitative estimate of drug-likeness (QED) is 0.396. The SMILES string of the molecule is CCO[SiH2]OCC.ClCCCCl. The fourth-order valence-corrected chi connectivity index (χ4v) is 1.13. The fraction of sp³-hybridized carbons (Fsp3) is 1.00.